The minimum atomic E-state index is -0.00281. The Balaban J connectivity index is 2.17. The average Bonchev–Trinajstić information content (AvgIpc) is 3.13. The molecule has 0 amide bonds. The molecule has 2 aromatic heterocycles. The Labute approximate surface area is 113 Å². The van der Waals surface area contributed by atoms with Crippen molar-refractivity contribution in [3.8, 4) is 11.3 Å². The number of anilines is 1. The minimum absolute atomic E-state index is 0.00281. The number of aromatic nitrogens is 3. The normalized spacial score (nSPS) is 15.7. The minimum Gasteiger partial charge on any atom is -0.383 e. The highest BCUT2D eigenvalue weighted by Gasteiger charge is 2.34. The van der Waals surface area contributed by atoms with E-state index < -0.39 is 0 Å². The lowest BCUT2D eigenvalue weighted by Crippen LogP contribution is -2.19. The molecule has 2 N–H and O–H groups in total. The fraction of sp³-hybridized carbons (Fsp3) is 0.467. The lowest BCUT2D eigenvalue weighted by molar-refractivity contribution is 0.504. The summed E-state index contributed by atoms with van der Waals surface area (Å²) in [7, 11) is 0. The Kier molecular flexibility index (Phi) is 2.62. The Morgan fingerprint density at radius 3 is 2.58 bits per heavy atom. The highest BCUT2D eigenvalue weighted by molar-refractivity contribution is 5.70. The van der Waals surface area contributed by atoms with Crippen molar-refractivity contribution in [1.29, 1.82) is 0 Å². The van der Waals surface area contributed by atoms with Gasteiger partial charge in [0.2, 0.25) is 0 Å². The van der Waals surface area contributed by atoms with E-state index in [1.807, 2.05) is 18.3 Å². The van der Waals surface area contributed by atoms with Gasteiger partial charge in [-0.1, -0.05) is 20.8 Å². The quantitative estimate of drug-likeness (QED) is 0.898. The average molecular weight is 256 g/mol. The van der Waals surface area contributed by atoms with Gasteiger partial charge in [0.1, 0.15) is 17.3 Å². The van der Waals surface area contributed by atoms with Crippen molar-refractivity contribution in [2.24, 2.45) is 0 Å². The van der Waals surface area contributed by atoms with Crippen molar-refractivity contribution >= 4 is 5.82 Å². The van der Waals surface area contributed by atoms with Crippen molar-refractivity contribution in [3.05, 3.63) is 30.4 Å². The second-order valence-electron chi connectivity index (χ2n) is 6.26. The van der Waals surface area contributed by atoms with Gasteiger partial charge in [-0.2, -0.15) is 0 Å². The SMILES string of the molecule is CC(C)(C)c1nc(-c2cccnc2)c(N)n1C1CC1. The summed E-state index contributed by atoms with van der Waals surface area (Å²) in [5.41, 5.74) is 8.20. The van der Waals surface area contributed by atoms with Crippen LogP contribution in [0.1, 0.15) is 45.5 Å². The van der Waals surface area contributed by atoms with E-state index in [1.165, 1.54) is 12.8 Å². The molecule has 3 rings (SSSR count). The summed E-state index contributed by atoms with van der Waals surface area (Å²) in [6.45, 7) is 6.54. The molecule has 2 heterocycles. The highest BCUT2D eigenvalue weighted by Crippen LogP contribution is 2.43. The van der Waals surface area contributed by atoms with Crippen LogP contribution in [0.25, 0.3) is 11.3 Å². The van der Waals surface area contributed by atoms with Crippen molar-refractivity contribution in [2.45, 2.75) is 45.1 Å². The van der Waals surface area contributed by atoms with Crippen LogP contribution in [0.5, 0.6) is 0 Å². The molecule has 0 unspecified atom stereocenters. The molecule has 0 aromatic carbocycles. The predicted octanol–water partition coefficient (Wildman–Crippen LogP) is 3.16. The van der Waals surface area contributed by atoms with Crippen molar-refractivity contribution in [2.75, 3.05) is 5.73 Å². The molecule has 100 valence electrons. The first-order valence-corrected chi connectivity index (χ1v) is 6.77. The smallest absolute Gasteiger partial charge is 0.132 e. The monoisotopic (exact) mass is 256 g/mol. The molecule has 2 aromatic rings. The van der Waals surface area contributed by atoms with Gasteiger partial charge in [0.15, 0.2) is 0 Å². The predicted molar refractivity (Wildman–Crippen MR) is 76.8 cm³/mol. The van der Waals surface area contributed by atoms with Gasteiger partial charge in [0, 0.05) is 29.4 Å². The maximum Gasteiger partial charge on any atom is 0.132 e. The molecule has 0 radical (unpaired) electrons. The number of pyridine rings is 1. The lowest BCUT2D eigenvalue weighted by atomic mass is 9.95. The molecular weight excluding hydrogens is 236 g/mol. The zero-order chi connectivity index (χ0) is 13.6. The fourth-order valence-electron chi connectivity index (χ4n) is 2.39. The van der Waals surface area contributed by atoms with Crippen LogP contribution >= 0.6 is 0 Å². The van der Waals surface area contributed by atoms with E-state index >= 15 is 0 Å². The molecule has 1 aliphatic rings. The van der Waals surface area contributed by atoms with E-state index in [-0.39, 0.29) is 5.41 Å². The summed E-state index contributed by atoms with van der Waals surface area (Å²) in [6.07, 6.45) is 6.00. The number of imidazole rings is 1. The first-order valence-electron chi connectivity index (χ1n) is 6.77. The van der Waals surface area contributed by atoms with E-state index in [9.17, 15) is 0 Å². The first kappa shape index (κ1) is 12.2. The molecule has 1 saturated carbocycles. The van der Waals surface area contributed by atoms with Crippen LogP contribution in [0.3, 0.4) is 0 Å². The second-order valence-corrected chi connectivity index (χ2v) is 6.26. The summed E-state index contributed by atoms with van der Waals surface area (Å²) in [4.78, 5) is 8.97. The van der Waals surface area contributed by atoms with Crippen molar-refractivity contribution in [3.63, 3.8) is 0 Å². The zero-order valence-corrected chi connectivity index (χ0v) is 11.7. The summed E-state index contributed by atoms with van der Waals surface area (Å²) in [6, 6.07) is 4.46. The van der Waals surface area contributed by atoms with Gasteiger partial charge in [-0.05, 0) is 25.0 Å². The number of hydrogen-bond acceptors (Lipinski definition) is 3. The summed E-state index contributed by atoms with van der Waals surface area (Å²) in [5, 5.41) is 0. The number of nitrogens with two attached hydrogens (primary N) is 1. The Bertz CT molecular complexity index is 589. The summed E-state index contributed by atoms with van der Waals surface area (Å²) in [5.74, 6) is 1.85. The zero-order valence-electron chi connectivity index (χ0n) is 11.7. The third-order valence-electron chi connectivity index (χ3n) is 3.47. The third kappa shape index (κ3) is 2.11. The van der Waals surface area contributed by atoms with Crippen LogP contribution < -0.4 is 5.73 Å². The van der Waals surface area contributed by atoms with Crippen molar-refractivity contribution in [1.82, 2.24) is 14.5 Å². The van der Waals surface area contributed by atoms with Gasteiger partial charge in [-0.25, -0.2) is 4.98 Å². The van der Waals surface area contributed by atoms with Crippen LogP contribution in [0.4, 0.5) is 5.82 Å². The first-order chi connectivity index (χ1) is 8.98. The number of rotatable bonds is 2. The lowest BCUT2D eigenvalue weighted by Gasteiger charge is -2.20. The van der Waals surface area contributed by atoms with E-state index in [2.05, 4.69) is 30.3 Å². The van der Waals surface area contributed by atoms with Gasteiger partial charge in [0.05, 0.1) is 0 Å². The van der Waals surface area contributed by atoms with Crippen LogP contribution in [0, 0.1) is 0 Å². The standard InChI is InChI=1S/C15H20N4/c1-15(2,3)14-18-12(10-5-4-8-17-9-10)13(16)19(14)11-6-7-11/h4-5,8-9,11H,6-7,16H2,1-3H3. The molecule has 19 heavy (non-hydrogen) atoms. The fourth-order valence-corrected chi connectivity index (χ4v) is 2.39. The van der Waals surface area contributed by atoms with E-state index in [0.29, 0.717) is 6.04 Å². The van der Waals surface area contributed by atoms with Gasteiger partial charge in [0.25, 0.3) is 0 Å². The highest BCUT2D eigenvalue weighted by atomic mass is 15.2. The number of nitrogens with zero attached hydrogens (tertiary/aromatic N) is 3. The van der Waals surface area contributed by atoms with Gasteiger partial charge >= 0.3 is 0 Å². The number of nitrogen functional groups attached to an aromatic ring is 1. The van der Waals surface area contributed by atoms with Gasteiger partial charge in [-0.3, -0.25) is 4.98 Å². The molecule has 1 fully saturated rings. The maximum absolute atomic E-state index is 6.35. The van der Waals surface area contributed by atoms with Gasteiger partial charge in [-0.15, -0.1) is 0 Å². The molecule has 1 aliphatic carbocycles. The topological polar surface area (TPSA) is 56.7 Å². The number of hydrogen-bond donors (Lipinski definition) is 1. The Hall–Kier alpha value is -1.84. The molecular formula is C15H20N4. The summed E-state index contributed by atoms with van der Waals surface area (Å²) < 4.78 is 2.22. The molecule has 4 heteroatoms. The Morgan fingerprint density at radius 1 is 1.32 bits per heavy atom. The van der Waals surface area contributed by atoms with Gasteiger partial charge < -0.3 is 10.3 Å². The molecule has 0 aliphatic heterocycles. The third-order valence-corrected chi connectivity index (χ3v) is 3.47. The largest absolute Gasteiger partial charge is 0.383 e. The van der Waals surface area contributed by atoms with Crippen LogP contribution in [-0.2, 0) is 5.41 Å². The summed E-state index contributed by atoms with van der Waals surface area (Å²) >= 11 is 0. The second kappa shape index (κ2) is 4.08. The van der Waals surface area contributed by atoms with E-state index in [4.69, 9.17) is 10.7 Å². The molecule has 4 nitrogen and oxygen atoms in total. The van der Waals surface area contributed by atoms with E-state index in [1.54, 1.807) is 6.20 Å². The molecule has 0 atom stereocenters. The molecule has 0 saturated heterocycles. The van der Waals surface area contributed by atoms with Crippen LogP contribution in [-0.4, -0.2) is 14.5 Å². The van der Waals surface area contributed by atoms with Crippen LogP contribution in [0.2, 0.25) is 0 Å². The maximum atomic E-state index is 6.35. The Morgan fingerprint density at radius 2 is 2.05 bits per heavy atom. The van der Waals surface area contributed by atoms with E-state index in [0.717, 1.165) is 22.9 Å². The van der Waals surface area contributed by atoms with Crippen LogP contribution in [0.15, 0.2) is 24.5 Å². The molecule has 0 spiro atoms. The van der Waals surface area contributed by atoms with Crippen molar-refractivity contribution < 1.29 is 0 Å². The molecule has 0 bridgehead atoms.